The van der Waals surface area contributed by atoms with Crippen LogP contribution in [0.15, 0.2) is 32.9 Å². The number of hydrogen-bond donors (Lipinski definition) is 1. The molecule has 1 heterocycles. The minimum Gasteiger partial charge on any atom is -0.383 e. The number of nitrogens with one attached hydrogen (secondary N) is 1. The fourth-order valence-corrected chi connectivity index (χ4v) is 2.87. The SMILES string of the molecule is CNc1cccc(Sc2nncs2)c1[N+](=O)[O-]. The first-order chi connectivity index (χ1) is 8.22. The van der Waals surface area contributed by atoms with Crippen molar-refractivity contribution in [3.63, 3.8) is 0 Å². The van der Waals surface area contributed by atoms with Crippen molar-refractivity contribution in [2.75, 3.05) is 12.4 Å². The molecule has 0 aliphatic rings. The molecule has 0 aliphatic carbocycles. The van der Waals surface area contributed by atoms with E-state index in [0.29, 0.717) is 14.9 Å². The Labute approximate surface area is 105 Å². The van der Waals surface area contributed by atoms with Crippen molar-refractivity contribution in [2.24, 2.45) is 0 Å². The van der Waals surface area contributed by atoms with E-state index >= 15 is 0 Å². The van der Waals surface area contributed by atoms with E-state index in [2.05, 4.69) is 15.5 Å². The molecule has 1 aromatic heterocycles. The van der Waals surface area contributed by atoms with Crippen LogP contribution in [-0.2, 0) is 0 Å². The molecule has 2 aromatic rings. The van der Waals surface area contributed by atoms with Crippen LogP contribution in [0.2, 0.25) is 0 Å². The van der Waals surface area contributed by atoms with Crippen LogP contribution in [0.4, 0.5) is 11.4 Å². The Morgan fingerprint density at radius 3 is 2.94 bits per heavy atom. The summed E-state index contributed by atoms with van der Waals surface area (Å²) in [6, 6.07) is 5.13. The van der Waals surface area contributed by atoms with Crippen LogP contribution >= 0.6 is 23.1 Å². The third kappa shape index (κ3) is 2.53. The molecule has 0 atom stereocenters. The van der Waals surface area contributed by atoms with Gasteiger partial charge in [-0.3, -0.25) is 10.1 Å². The van der Waals surface area contributed by atoms with Gasteiger partial charge in [0.2, 0.25) is 0 Å². The van der Waals surface area contributed by atoms with Crippen LogP contribution in [0, 0.1) is 10.1 Å². The third-order valence-electron chi connectivity index (χ3n) is 1.99. The molecule has 2 rings (SSSR count). The van der Waals surface area contributed by atoms with Gasteiger partial charge in [-0.05, 0) is 23.9 Å². The normalized spacial score (nSPS) is 10.2. The van der Waals surface area contributed by atoms with Crippen LogP contribution in [0.3, 0.4) is 0 Å². The summed E-state index contributed by atoms with van der Waals surface area (Å²) >= 11 is 2.59. The number of nitrogens with zero attached hydrogens (tertiary/aromatic N) is 3. The Balaban J connectivity index is 2.42. The topological polar surface area (TPSA) is 81.0 Å². The zero-order valence-electron chi connectivity index (χ0n) is 8.78. The van der Waals surface area contributed by atoms with Crippen molar-refractivity contribution in [3.8, 4) is 0 Å². The second kappa shape index (κ2) is 5.11. The van der Waals surface area contributed by atoms with Gasteiger partial charge in [-0.25, -0.2) is 0 Å². The summed E-state index contributed by atoms with van der Waals surface area (Å²) in [7, 11) is 1.65. The molecule has 0 spiro atoms. The van der Waals surface area contributed by atoms with E-state index in [1.165, 1.54) is 23.1 Å². The minimum absolute atomic E-state index is 0.0650. The lowest BCUT2D eigenvalue weighted by atomic mass is 10.3. The van der Waals surface area contributed by atoms with Gasteiger partial charge >= 0.3 is 5.69 Å². The van der Waals surface area contributed by atoms with Gasteiger partial charge in [-0.2, -0.15) is 0 Å². The van der Waals surface area contributed by atoms with Gasteiger partial charge in [0.15, 0.2) is 4.34 Å². The van der Waals surface area contributed by atoms with Gasteiger partial charge in [-0.15, -0.1) is 10.2 Å². The zero-order chi connectivity index (χ0) is 12.3. The molecule has 0 fully saturated rings. The van der Waals surface area contributed by atoms with Crippen molar-refractivity contribution in [3.05, 3.63) is 33.8 Å². The molecule has 0 radical (unpaired) electrons. The Morgan fingerprint density at radius 1 is 1.53 bits per heavy atom. The largest absolute Gasteiger partial charge is 0.383 e. The highest BCUT2D eigenvalue weighted by atomic mass is 32.2. The van der Waals surface area contributed by atoms with Crippen molar-refractivity contribution in [2.45, 2.75) is 9.24 Å². The Bertz CT molecular complexity index is 530. The molecule has 0 aliphatic heterocycles. The molecule has 17 heavy (non-hydrogen) atoms. The Hall–Kier alpha value is -1.67. The lowest BCUT2D eigenvalue weighted by molar-refractivity contribution is -0.386. The summed E-state index contributed by atoms with van der Waals surface area (Å²) in [6.45, 7) is 0. The lowest BCUT2D eigenvalue weighted by Gasteiger charge is -2.05. The third-order valence-corrected chi connectivity index (χ3v) is 3.82. The predicted molar refractivity (Wildman–Crippen MR) is 66.7 cm³/mol. The van der Waals surface area contributed by atoms with Crippen LogP contribution in [0.5, 0.6) is 0 Å². The van der Waals surface area contributed by atoms with Gasteiger partial charge in [0, 0.05) is 7.05 Å². The Morgan fingerprint density at radius 2 is 2.35 bits per heavy atom. The predicted octanol–water partition coefficient (Wildman–Crippen LogP) is 2.64. The maximum atomic E-state index is 11.0. The molecule has 0 saturated carbocycles. The van der Waals surface area contributed by atoms with E-state index < -0.39 is 4.92 Å². The number of nitro groups is 1. The smallest absolute Gasteiger partial charge is 0.306 e. The summed E-state index contributed by atoms with van der Waals surface area (Å²) in [6.07, 6.45) is 0. The zero-order valence-corrected chi connectivity index (χ0v) is 10.4. The number of nitro benzene ring substituents is 1. The maximum Gasteiger partial charge on any atom is 0.306 e. The first kappa shape index (κ1) is 11.8. The summed E-state index contributed by atoms with van der Waals surface area (Å²) < 4.78 is 0.682. The van der Waals surface area contributed by atoms with E-state index in [0.717, 1.165) is 0 Å². The highest BCUT2D eigenvalue weighted by Gasteiger charge is 2.20. The second-order valence-corrected chi connectivity index (χ2v) is 5.09. The standard InChI is InChI=1S/C9H8N4O2S2/c1-10-6-3-2-4-7(8(6)13(14)15)17-9-12-11-5-16-9/h2-5,10H,1H3. The van der Waals surface area contributed by atoms with E-state index in [9.17, 15) is 10.1 Å². The van der Waals surface area contributed by atoms with Gasteiger partial charge in [0.25, 0.3) is 0 Å². The average Bonchev–Trinajstić information content (AvgIpc) is 2.81. The van der Waals surface area contributed by atoms with Crippen molar-refractivity contribution in [1.82, 2.24) is 10.2 Å². The molecule has 0 bridgehead atoms. The van der Waals surface area contributed by atoms with E-state index in [4.69, 9.17) is 0 Å². The fourth-order valence-electron chi connectivity index (χ4n) is 1.30. The highest BCUT2D eigenvalue weighted by molar-refractivity contribution is 8.01. The summed E-state index contributed by atoms with van der Waals surface area (Å²) in [4.78, 5) is 11.2. The molecule has 0 amide bonds. The highest BCUT2D eigenvalue weighted by Crippen LogP contribution is 2.39. The first-order valence-corrected chi connectivity index (χ1v) is 6.31. The van der Waals surface area contributed by atoms with Crippen LogP contribution in [0.25, 0.3) is 0 Å². The molecular formula is C9H8N4O2S2. The van der Waals surface area contributed by atoms with Crippen LogP contribution in [-0.4, -0.2) is 22.2 Å². The average molecular weight is 268 g/mol. The molecule has 6 nitrogen and oxygen atoms in total. The van der Waals surface area contributed by atoms with E-state index in [1.54, 1.807) is 30.8 Å². The number of anilines is 1. The van der Waals surface area contributed by atoms with Gasteiger partial charge in [0.1, 0.15) is 11.2 Å². The molecule has 1 aromatic carbocycles. The van der Waals surface area contributed by atoms with E-state index in [1.807, 2.05) is 0 Å². The van der Waals surface area contributed by atoms with Crippen molar-refractivity contribution in [1.29, 1.82) is 0 Å². The molecule has 1 N–H and O–H groups in total. The number of aromatic nitrogens is 2. The van der Waals surface area contributed by atoms with Crippen molar-refractivity contribution >= 4 is 34.5 Å². The van der Waals surface area contributed by atoms with E-state index in [-0.39, 0.29) is 5.69 Å². The lowest BCUT2D eigenvalue weighted by Crippen LogP contribution is -1.97. The molecule has 8 heteroatoms. The quantitative estimate of drug-likeness (QED) is 0.678. The number of hydrogen-bond acceptors (Lipinski definition) is 7. The second-order valence-electron chi connectivity index (χ2n) is 2.97. The number of benzene rings is 1. The van der Waals surface area contributed by atoms with Crippen molar-refractivity contribution < 1.29 is 4.92 Å². The summed E-state index contributed by atoms with van der Waals surface area (Å²) in [5.74, 6) is 0. The monoisotopic (exact) mass is 268 g/mol. The molecule has 0 unspecified atom stereocenters. The summed E-state index contributed by atoms with van der Waals surface area (Å²) in [5, 5.41) is 21.4. The number of rotatable bonds is 4. The molecule has 0 saturated heterocycles. The fraction of sp³-hybridized carbons (Fsp3) is 0.111. The van der Waals surface area contributed by atoms with Gasteiger partial charge in [0.05, 0.1) is 9.82 Å². The van der Waals surface area contributed by atoms with Gasteiger partial charge in [-0.1, -0.05) is 17.4 Å². The summed E-state index contributed by atoms with van der Waals surface area (Å²) in [5.41, 5.74) is 2.15. The maximum absolute atomic E-state index is 11.0. The first-order valence-electron chi connectivity index (χ1n) is 4.61. The molecular weight excluding hydrogens is 260 g/mol. The van der Waals surface area contributed by atoms with Crippen LogP contribution < -0.4 is 5.32 Å². The Kier molecular flexibility index (Phi) is 3.55. The van der Waals surface area contributed by atoms with Crippen LogP contribution in [0.1, 0.15) is 0 Å². The molecule has 88 valence electrons. The number of para-hydroxylation sites is 1. The van der Waals surface area contributed by atoms with Gasteiger partial charge < -0.3 is 5.32 Å². The minimum atomic E-state index is -0.394.